The second-order valence-electron chi connectivity index (χ2n) is 7.07. The third-order valence-electron chi connectivity index (χ3n) is 4.97. The van der Waals surface area contributed by atoms with Gasteiger partial charge in [-0.25, -0.2) is 0 Å². The summed E-state index contributed by atoms with van der Waals surface area (Å²) in [5.41, 5.74) is 1.88. The first kappa shape index (κ1) is 16.9. The van der Waals surface area contributed by atoms with Crippen molar-refractivity contribution in [3.8, 4) is 22.6 Å². The van der Waals surface area contributed by atoms with E-state index in [1.807, 2.05) is 64.1 Å². The zero-order chi connectivity index (χ0) is 17.5. The molecule has 0 saturated carbocycles. The van der Waals surface area contributed by atoms with Crippen molar-refractivity contribution in [2.24, 2.45) is 0 Å². The molecular formula is C19H23BO4. The summed E-state index contributed by atoms with van der Waals surface area (Å²) < 4.78 is 17.3. The van der Waals surface area contributed by atoms with Gasteiger partial charge in [0.1, 0.15) is 0 Å². The number of methoxy groups -OCH3 is 1. The van der Waals surface area contributed by atoms with E-state index in [-0.39, 0.29) is 24.1 Å². The minimum absolute atomic E-state index is 0.142. The molecule has 24 heavy (non-hydrogen) atoms. The Morgan fingerprint density at radius 1 is 0.917 bits per heavy atom. The van der Waals surface area contributed by atoms with Crippen molar-refractivity contribution in [2.45, 2.75) is 38.9 Å². The first-order valence-corrected chi connectivity index (χ1v) is 8.07. The van der Waals surface area contributed by atoms with E-state index in [0.29, 0.717) is 5.75 Å². The Labute approximate surface area is 143 Å². The van der Waals surface area contributed by atoms with E-state index < -0.39 is 0 Å². The van der Waals surface area contributed by atoms with Crippen molar-refractivity contribution in [3.05, 3.63) is 42.5 Å². The van der Waals surface area contributed by atoms with E-state index in [1.165, 1.54) is 0 Å². The SMILES string of the molecule is COc1cccc(-c2ccc(B3OC(C)(C)C(C)(C)O3)cc2)c1O. The minimum atomic E-state index is -0.386. The fraction of sp³-hybridized carbons (Fsp3) is 0.368. The summed E-state index contributed by atoms with van der Waals surface area (Å²) in [6, 6.07) is 13.3. The molecule has 0 bridgehead atoms. The summed E-state index contributed by atoms with van der Waals surface area (Å²) in [5, 5.41) is 10.3. The number of hydrogen-bond donors (Lipinski definition) is 1. The Balaban J connectivity index is 1.88. The van der Waals surface area contributed by atoms with Crippen LogP contribution in [-0.4, -0.2) is 30.5 Å². The Morgan fingerprint density at radius 2 is 1.50 bits per heavy atom. The van der Waals surface area contributed by atoms with Crippen LogP contribution in [0.4, 0.5) is 0 Å². The van der Waals surface area contributed by atoms with Crippen LogP contribution in [0.15, 0.2) is 42.5 Å². The molecule has 1 N–H and O–H groups in total. The van der Waals surface area contributed by atoms with Gasteiger partial charge in [0, 0.05) is 5.56 Å². The van der Waals surface area contributed by atoms with Crippen molar-refractivity contribution < 1.29 is 19.2 Å². The Morgan fingerprint density at radius 3 is 2.04 bits per heavy atom. The highest BCUT2D eigenvalue weighted by Gasteiger charge is 2.51. The number of ether oxygens (including phenoxy) is 1. The number of phenolic OH excluding ortho intramolecular Hbond substituents is 1. The molecule has 5 heteroatoms. The van der Waals surface area contributed by atoms with Crippen LogP contribution in [0.25, 0.3) is 11.1 Å². The topological polar surface area (TPSA) is 47.9 Å². The Hall–Kier alpha value is -1.98. The van der Waals surface area contributed by atoms with Crippen LogP contribution in [0.3, 0.4) is 0 Å². The van der Waals surface area contributed by atoms with Gasteiger partial charge in [-0.2, -0.15) is 0 Å². The molecule has 0 radical (unpaired) electrons. The molecule has 2 aromatic carbocycles. The fourth-order valence-corrected chi connectivity index (χ4v) is 2.72. The molecule has 4 nitrogen and oxygen atoms in total. The average Bonchev–Trinajstić information content (AvgIpc) is 2.76. The van der Waals surface area contributed by atoms with Gasteiger partial charge in [0.05, 0.1) is 18.3 Å². The maximum Gasteiger partial charge on any atom is 0.494 e. The smallest absolute Gasteiger partial charge is 0.494 e. The zero-order valence-electron chi connectivity index (χ0n) is 14.8. The first-order valence-electron chi connectivity index (χ1n) is 8.07. The third-order valence-corrected chi connectivity index (χ3v) is 4.97. The van der Waals surface area contributed by atoms with E-state index in [4.69, 9.17) is 14.0 Å². The quantitative estimate of drug-likeness (QED) is 0.879. The summed E-state index contributed by atoms with van der Waals surface area (Å²) in [5.74, 6) is 0.603. The van der Waals surface area contributed by atoms with Gasteiger partial charge in [0.15, 0.2) is 11.5 Å². The summed E-state index contributed by atoms with van der Waals surface area (Å²) >= 11 is 0. The van der Waals surface area contributed by atoms with E-state index >= 15 is 0 Å². The van der Waals surface area contributed by atoms with Gasteiger partial charge in [0.25, 0.3) is 0 Å². The van der Waals surface area contributed by atoms with Gasteiger partial charge in [-0.15, -0.1) is 0 Å². The number of hydrogen-bond acceptors (Lipinski definition) is 4. The van der Waals surface area contributed by atoms with Gasteiger partial charge < -0.3 is 19.2 Å². The molecule has 1 heterocycles. The molecule has 1 aliphatic heterocycles. The zero-order valence-corrected chi connectivity index (χ0v) is 14.8. The second-order valence-corrected chi connectivity index (χ2v) is 7.07. The van der Waals surface area contributed by atoms with Crippen LogP contribution >= 0.6 is 0 Å². The second kappa shape index (κ2) is 5.83. The van der Waals surface area contributed by atoms with Gasteiger partial charge >= 0.3 is 7.12 Å². The fourth-order valence-electron chi connectivity index (χ4n) is 2.72. The van der Waals surface area contributed by atoms with E-state index in [2.05, 4.69) is 0 Å². The third kappa shape index (κ3) is 2.78. The number of phenols is 1. The molecule has 1 saturated heterocycles. The van der Waals surface area contributed by atoms with E-state index in [0.717, 1.165) is 16.6 Å². The van der Waals surface area contributed by atoms with Gasteiger partial charge in [-0.05, 0) is 44.8 Å². The van der Waals surface area contributed by atoms with Crippen molar-refractivity contribution in [3.63, 3.8) is 0 Å². The number of rotatable bonds is 3. The van der Waals surface area contributed by atoms with Crippen LogP contribution in [-0.2, 0) is 9.31 Å². The van der Waals surface area contributed by atoms with Crippen molar-refractivity contribution in [1.82, 2.24) is 0 Å². The average molecular weight is 326 g/mol. The van der Waals surface area contributed by atoms with Crippen LogP contribution in [0.2, 0.25) is 0 Å². The minimum Gasteiger partial charge on any atom is -0.504 e. The largest absolute Gasteiger partial charge is 0.504 e. The molecule has 0 spiro atoms. The maximum absolute atomic E-state index is 10.3. The summed E-state index contributed by atoms with van der Waals surface area (Å²) in [7, 11) is 1.16. The van der Waals surface area contributed by atoms with Crippen LogP contribution < -0.4 is 10.2 Å². The molecule has 0 atom stereocenters. The van der Waals surface area contributed by atoms with Crippen molar-refractivity contribution in [2.75, 3.05) is 7.11 Å². The van der Waals surface area contributed by atoms with E-state index in [9.17, 15) is 5.11 Å². The molecule has 0 aliphatic carbocycles. The molecule has 0 aromatic heterocycles. The molecule has 0 amide bonds. The lowest BCUT2D eigenvalue weighted by atomic mass is 9.78. The first-order chi connectivity index (χ1) is 11.2. The summed E-state index contributed by atoms with van der Waals surface area (Å²) in [4.78, 5) is 0. The maximum atomic E-state index is 10.3. The highest BCUT2D eigenvalue weighted by atomic mass is 16.7. The van der Waals surface area contributed by atoms with Crippen molar-refractivity contribution >= 4 is 12.6 Å². The molecule has 1 fully saturated rings. The monoisotopic (exact) mass is 326 g/mol. The number of para-hydroxylation sites is 1. The molecule has 1 aliphatic rings. The Bertz CT molecular complexity index is 722. The lowest BCUT2D eigenvalue weighted by Crippen LogP contribution is -2.41. The van der Waals surface area contributed by atoms with Gasteiger partial charge in [-0.1, -0.05) is 36.4 Å². The predicted molar refractivity (Wildman–Crippen MR) is 95.8 cm³/mol. The van der Waals surface area contributed by atoms with Gasteiger partial charge in [-0.3, -0.25) is 0 Å². The van der Waals surface area contributed by atoms with Crippen LogP contribution in [0.5, 0.6) is 11.5 Å². The standard InChI is InChI=1S/C19H23BO4/c1-18(2)19(3,4)24-20(23-18)14-11-9-13(10-12-14)15-7-6-8-16(22-5)17(15)21/h6-12,21H,1-5H3. The lowest BCUT2D eigenvalue weighted by Gasteiger charge is -2.32. The normalized spacial score (nSPS) is 18.6. The molecule has 0 unspecified atom stereocenters. The number of benzene rings is 2. The highest BCUT2D eigenvalue weighted by Crippen LogP contribution is 2.38. The van der Waals surface area contributed by atoms with E-state index in [1.54, 1.807) is 13.2 Å². The summed E-state index contributed by atoms with van der Waals surface area (Å²) in [6.07, 6.45) is 0. The molecule has 126 valence electrons. The van der Waals surface area contributed by atoms with Crippen molar-refractivity contribution in [1.29, 1.82) is 0 Å². The predicted octanol–water partition coefficient (Wildman–Crippen LogP) is 3.37. The number of aromatic hydroxyl groups is 1. The Kier molecular flexibility index (Phi) is 4.10. The molecule has 2 aromatic rings. The van der Waals surface area contributed by atoms with Crippen LogP contribution in [0, 0.1) is 0 Å². The highest BCUT2D eigenvalue weighted by molar-refractivity contribution is 6.62. The molecule has 3 rings (SSSR count). The van der Waals surface area contributed by atoms with Crippen LogP contribution in [0.1, 0.15) is 27.7 Å². The summed E-state index contributed by atoms with van der Waals surface area (Å²) in [6.45, 7) is 8.15. The van der Waals surface area contributed by atoms with Gasteiger partial charge in [0.2, 0.25) is 0 Å². The molecular weight excluding hydrogens is 303 g/mol. The lowest BCUT2D eigenvalue weighted by molar-refractivity contribution is 0.00578.